The number of carbonyl (C=O) groups excluding carboxylic acids is 1. The molecule has 1 heterocycles. The van der Waals surface area contributed by atoms with Crippen molar-refractivity contribution < 1.29 is 24.5 Å². The SMILES string of the molecule is CC1OCCC1(O)CNC(=O)[C@@H]1CC[C@H](C(=O)O)C1. The molecular weight excluding hydrogens is 250 g/mol. The molecule has 2 fully saturated rings. The lowest BCUT2D eigenvalue weighted by atomic mass is 9.96. The largest absolute Gasteiger partial charge is 0.481 e. The van der Waals surface area contributed by atoms with Gasteiger partial charge in [0.25, 0.3) is 0 Å². The third-order valence-electron chi connectivity index (χ3n) is 4.38. The normalized spacial score (nSPS) is 38.3. The number of amides is 1. The quantitative estimate of drug-likeness (QED) is 0.676. The van der Waals surface area contributed by atoms with Crippen molar-refractivity contribution in [1.82, 2.24) is 5.32 Å². The van der Waals surface area contributed by atoms with Gasteiger partial charge >= 0.3 is 5.97 Å². The van der Waals surface area contributed by atoms with Gasteiger partial charge in [0.15, 0.2) is 0 Å². The van der Waals surface area contributed by atoms with E-state index in [0.717, 1.165) is 0 Å². The number of carbonyl (C=O) groups is 2. The van der Waals surface area contributed by atoms with Gasteiger partial charge in [0, 0.05) is 25.5 Å². The highest BCUT2D eigenvalue weighted by Gasteiger charge is 2.41. The minimum absolute atomic E-state index is 0.156. The maximum absolute atomic E-state index is 12.0. The van der Waals surface area contributed by atoms with Crippen LogP contribution >= 0.6 is 0 Å². The summed E-state index contributed by atoms with van der Waals surface area (Å²) in [5.41, 5.74) is -1.000. The predicted molar refractivity (Wildman–Crippen MR) is 66.5 cm³/mol. The fraction of sp³-hybridized carbons (Fsp3) is 0.846. The van der Waals surface area contributed by atoms with Gasteiger partial charge in [0.2, 0.25) is 5.91 Å². The fourth-order valence-corrected chi connectivity index (χ4v) is 2.83. The number of ether oxygens (including phenoxy) is 1. The van der Waals surface area contributed by atoms with Crippen LogP contribution in [0, 0.1) is 11.8 Å². The van der Waals surface area contributed by atoms with Gasteiger partial charge in [-0.2, -0.15) is 0 Å². The molecule has 0 spiro atoms. The molecule has 1 aliphatic carbocycles. The molecule has 0 aromatic heterocycles. The van der Waals surface area contributed by atoms with Crippen molar-refractivity contribution in [2.45, 2.75) is 44.3 Å². The minimum atomic E-state index is -1.000. The molecule has 4 atom stereocenters. The van der Waals surface area contributed by atoms with Crippen molar-refractivity contribution in [2.75, 3.05) is 13.2 Å². The van der Waals surface area contributed by atoms with Crippen LogP contribution in [0.1, 0.15) is 32.6 Å². The molecule has 2 unspecified atom stereocenters. The lowest BCUT2D eigenvalue weighted by Gasteiger charge is -2.26. The summed E-state index contributed by atoms with van der Waals surface area (Å²) in [4.78, 5) is 22.8. The van der Waals surface area contributed by atoms with Crippen LogP contribution in [0.15, 0.2) is 0 Å². The summed E-state index contributed by atoms with van der Waals surface area (Å²) in [5, 5.41) is 21.9. The van der Waals surface area contributed by atoms with Gasteiger partial charge in [-0.3, -0.25) is 9.59 Å². The van der Waals surface area contributed by atoms with Crippen molar-refractivity contribution in [1.29, 1.82) is 0 Å². The molecular formula is C13H21NO5. The van der Waals surface area contributed by atoms with E-state index < -0.39 is 17.5 Å². The van der Waals surface area contributed by atoms with Gasteiger partial charge in [-0.15, -0.1) is 0 Å². The summed E-state index contributed by atoms with van der Waals surface area (Å²) in [6.45, 7) is 2.45. The van der Waals surface area contributed by atoms with E-state index in [4.69, 9.17) is 9.84 Å². The van der Waals surface area contributed by atoms with Crippen molar-refractivity contribution in [3.8, 4) is 0 Å². The second-order valence-corrected chi connectivity index (χ2v) is 5.63. The molecule has 0 aromatic rings. The topological polar surface area (TPSA) is 95.9 Å². The molecule has 1 saturated heterocycles. The summed E-state index contributed by atoms with van der Waals surface area (Å²) < 4.78 is 5.30. The molecule has 0 radical (unpaired) electrons. The summed E-state index contributed by atoms with van der Waals surface area (Å²) in [6, 6.07) is 0. The molecule has 6 nitrogen and oxygen atoms in total. The molecule has 2 aliphatic rings. The first-order valence-electron chi connectivity index (χ1n) is 6.77. The van der Waals surface area contributed by atoms with Crippen LogP contribution in [0.5, 0.6) is 0 Å². The Morgan fingerprint density at radius 1 is 1.37 bits per heavy atom. The Morgan fingerprint density at radius 3 is 2.58 bits per heavy atom. The van der Waals surface area contributed by atoms with Crippen LogP contribution in [-0.2, 0) is 14.3 Å². The molecule has 19 heavy (non-hydrogen) atoms. The number of nitrogens with one attached hydrogen (secondary N) is 1. The van der Waals surface area contributed by atoms with Crippen LogP contribution in [0.3, 0.4) is 0 Å². The van der Waals surface area contributed by atoms with E-state index in [9.17, 15) is 14.7 Å². The summed E-state index contributed by atoms with van der Waals surface area (Å²) >= 11 is 0. The zero-order valence-electron chi connectivity index (χ0n) is 11.1. The third-order valence-corrected chi connectivity index (χ3v) is 4.38. The lowest BCUT2D eigenvalue weighted by Crippen LogP contribution is -2.48. The molecule has 1 aliphatic heterocycles. The smallest absolute Gasteiger partial charge is 0.306 e. The molecule has 1 saturated carbocycles. The van der Waals surface area contributed by atoms with Crippen LogP contribution in [0.25, 0.3) is 0 Å². The lowest BCUT2D eigenvalue weighted by molar-refractivity contribution is -0.141. The van der Waals surface area contributed by atoms with Crippen LogP contribution in [0.4, 0.5) is 0 Å². The van der Waals surface area contributed by atoms with Crippen molar-refractivity contribution in [2.24, 2.45) is 11.8 Å². The summed E-state index contributed by atoms with van der Waals surface area (Å²) in [7, 11) is 0. The standard InChI is InChI=1S/C13H21NO5/c1-8-13(18,4-5-19-8)7-14-11(15)9-2-3-10(6-9)12(16)17/h8-10,18H,2-7H2,1H3,(H,14,15)(H,16,17)/t8?,9-,10+,13?/m1/s1. The van der Waals surface area contributed by atoms with E-state index in [-0.39, 0.29) is 24.5 Å². The highest BCUT2D eigenvalue weighted by atomic mass is 16.5. The molecule has 108 valence electrons. The van der Waals surface area contributed by atoms with Gasteiger partial charge in [0.1, 0.15) is 5.60 Å². The average Bonchev–Trinajstić information content (AvgIpc) is 2.96. The number of carboxylic acids is 1. The van der Waals surface area contributed by atoms with E-state index in [1.165, 1.54) is 0 Å². The number of carboxylic acid groups (broad SMARTS) is 1. The van der Waals surface area contributed by atoms with Gasteiger partial charge in [-0.1, -0.05) is 0 Å². The Labute approximate surface area is 112 Å². The third kappa shape index (κ3) is 3.06. The van der Waals surface area contributed by atoms with Crippen LogP contribution in [0.2, 0.25) is 0 Å². The van der Waals surface area contributed by atoms with Gasteiger partial charge in [0.05, 0.1) is 12.0 Å². The first kappa shape index (κ1) is 14.3. The van der Waals surface area contributed by atoms with Gasteiger partial charge in [-0.25, -0.2) is 0 Å². The number of aliphatic carboxylic acids is 1. The Bertz CT molecular complexity index is 372. The van der Waals surface area contributed by atoms with Crippen molar-refractivity contribution in [3.63, 3.8) is 0 Å². The highest BCUT2D eigenvalue weighted by molar-refractivity contribution is 5.80. The Hall–Kier alpha value is -1.14. The molecule has 3 N–H and O–H groups in total. The maximum Gasteiger partial charge on any atom is 0.306 e. The Morgan fingerprint density at radius 2 is 2.05 bits per heavy atom. The first-order chi connectivity index (χ1) is 8.92. The molecule has 1 amide bonds. The predicted octanol–water partition coefficient (Wildman–Crippen LogP) is 0.143. The monoisotopic (exact) mass is 271 g/mol. The zero-order chi connectivity index (χ0) is 14.0. The second-order valence-electron chi connectivity index (χ2n) is 5.63. The number of hydrogen-bond donors (Lipinski definition) is 3. The molecule has 0 aromatic carbocycles. The van der Waals surface area contributed by atoms with Crippen molar-refractivity contribution in [3.05, 3.63) is 0 Å². The number of hydrogen-bond acceptors (Lipinski definition) is 4. The summed E-state index contributed by atoms with van der Waals surface area (Å²) in [5.74, 6) is -1.64. The van der Waals surface area contributed by atoms with Gasteiger partial charge in [-0.05, 0) is 26.2 Å². The number of rotatable bonds is 4. The van der Waals surface area contributed by atoms with Gasteiger partial charge < -0.3 is 20.3 Å². The Balaban J connectivity index is 1.81. The van der Waals surface area contributed by atoms with Crippen molar-refractivity contribution >= 4 is 11.9 Å². The first-order valence-corrected chi connectivity index (χ1v) is 6.77. The van der Waals surface area contributed by atoms with Crippen LogP contribution < -0.4 is 5.32 Å². The van der Waals surface area contributed by atoms with E-state index in [1.54, 1.807) is 6.92 Å². The van der Waals surface area contributed by atoms with E-state index in [2.05, 4.69) is 5.32 Å². The zero-order valence-corrected chi connectivity index (χ0v) is 11.1. The van der Waals surface area contributed by atoms with Crippen LogP contribution in [-0.4, -0.2) is 46.9 Å². The summed E-state index contributed by atoms with van der Waals surface area (Å²) in [6.07, 6.45) is 1.77. The fourth-order valence-electron chi connectivity index (χ4n) is 2.83. The number of aliphatic hydroxyl groups is 1. The Kier molecular flexibility index (Phi) is 4.10. The van der Waals surface area contributed by atoms with E-state index in [0.29, 0.717) is 32.3 Å². The average molecular weight is 271 g/mol. The van der Waals surface area contributed by atoms with E-state index in [1.807, 2.05) is 0 Å². The second kappa shape index (κ2) is 5.46. The minimum Gasteiger partial charge on any atom is -0.481 e. The van der Waals surface area contributed by atoms with E-state index >= 15 is 0 Å². The molecule has 6 heteroatoms. The highest BCUT2D eigenvalue weighted by Crippen LogP contribution is 2.31. The molecule has 2 rings (SSSR count). The molecule has 0 bridgehead atoms. The maximum atomic E-state index is 12.0.